The standard InChI is InChI=1S/C19H18N2O3/c1-13-4-3-5-14(8-13)9-19(22)21-15-6-7-16(17(10-15)23-2)18-11-20-12-24-18/h3-8,10-12H,9H2,1-2H3,(H,21,22). The number of benzene rings is 2. The van der Waals surface area contributed by atoms with Crippen molar-refractivity contribution in [3.05, 3.63) is 66.2 Å². The lowest BCUT2D eigenvalue weighted by atomic mass is 10.1. The number of aryl methyl sites for hydroxylation is 1. The van der Waals surface area contributed by atoms with Gasteiger partial charge in [0.25, 0.3) is 0 Å². The van der Waals surface area contributed by atoms with E-state index in [1.54, 1.807) is 19.4 Å². The molecule has 0 unspecified atom stereocenters. The summed E-state index contributed by atoms with van der Waals surface area (Å²) in [7, 11) is 1.58. The quantitative estimate of drug-likeness (QED) is 0.775. The lowest BCUT2D eigenvalue weighted by molar-refractivity contribution is -0.115. The van der Waals surface area contributed by atoms with Crippen molar-refractivity contribution in [3.63, 3.8) is 0 Å². The van der Waals surface area contributed by atoms with Crippen LogP contribution in [0.15, 0.2) is 59.5 Å². The number of hydrogen-bond donors (Lipinski definition) is 1. The summed E-state index contributed by atoms with van der Waals surface area (Å²) >= 11 is 0. The number of hydrogen-bond acceptors (Lipinski definition) is 4. The number of nitrogens with zero attached hydrogens (tertiary/aromatic N) is 1. The molecule has 0 saturated carbocycles. The Morgan fingerprint density at radius 2 is 2.12 bits per heavy atom. The van der Waals surface area contributed by atoms with Crippen molar-refractivity contribution in [2.45, 2.75) is 13.3 Å². The van der Waals surface area contributed by atoms with Gasteiger partial charge in [0.15, 0.2) is 12.2 Å². The van der Waals surface area contributed by atoms with E-state index >= 15 is 0 Å². The van der Waals surface area contributed by atoms with Gasteiger partial charge >= 0.3 is 0 Å². The van der Waals surface area contributed by atoms with Gasteiger partial charge in [-0.1, -0.05) is 29.8 Å². The zero-order chi connectivity index (χ0) is 16.9. The third kappa shape index (κ3) is 3.63. The number of carbonyl (C=O) groups excluding carboxylic acids is 1. The monoisotopic (exact) mass is 322 g/mol. The van der Waals surface area contributed by atoms with Crippen LogP contribution in [0.3, 0.4) is 0 Å². The molecule has 3 rings (SSSR count). The van der Waals surface area contributed by atoms with Crippen LogP contribution in [-0.2, 0) is 11.2 Å². The first-order chi connectivity index (χ1) is 11.7. The third-order valence-electron chi connectivity index (χ3n) is 3.63. The number of nitrogens with one attached hydrogen (secondary N) is 1. The molecule has 0 atom stereocenters. The van der Waals surface area contributed by atoms with Crippen LogP contribution in [0.4, 0.5) is 5.69 Å². The van der Waals surface area contributed by atoms with Gasteiger partial charge in [-0.05, 0) is 24.6 Å². The Hall–Kier alpha value is -3.08. The molecule has 0 aliphatic carbocycles. The minimum absolute atomic E-state index is 0.0740. The van der Waals surface area contributed by atoms with Crippen LogP contribution in [0.2, 0.25) is 0 Å². The Morgan fingerprint density at radius 3 is 2.83 bits per heavy atom. The Kier molecular flexibility index (Phi) is 4.61. The van der Waals surface area contributed by atoms with Gasteiger partial charge in [0.1, 0.15) is 5.75 Å². The molecule has 122 valence electrons. The van der Waals surface area contributed by atoms with E-state index in [2.05, 4.69) is 10.3 Å². The van der Waals surface area contributed by atoms with Gasteiger partial charge in [-0.2, -0.15) is 0 Å². The SMILES string of the molecule is COc1cc(NC(=O)Cc2cccc(C)c2)ccc1-c1cnco1. The second kappa shape index (κ2) is 7.00. The van der Waals surface area contributed by atoms with Gasteiger partial charge in [0.2, 0.25) is 5.91 Å². The molecular formula is C19H18N2O3. The zero-order valence-electron chi connectivity index (χ0n) is 13.6. The average Bonchev–Trinajstić information content (AvgIpc) is 3.09. The van der Waals surface area contributed by atoms with Gasteiger partial charge in [0, 0.05) is 11.8 Å². The Balaban J connectivity index is 1.74. The van der Waals surface area contributed by atoms with Gasteiger partial charge in [-0.25, -0.2) is 4.98 Å². The number of amides is 1. The molecule has 3 aromatic rings. The molecule has 0 aliphatic heterocycles. The van der Waals surface area contributed by atoms with Crippen molar-refractivity contribution in [2.75, 3.05) is 12.4 Å². The molecule has 0 bridgehead atoms. The summed E-state index contributed by atoms with van der Waals surface area (Å²) in [5, 5.41) is 2.89. The van der Waals surface area contributed by atoms with Gasteiger partial charge in [-0.3, -0.25) is 4.79 Å². The summed E-state index contributed by atoms with van der Waals surface area (Å²) < 4.78 is 10.7. The summed E-state index contributed by atoms with van der Waals surface area (Å²) in [4.78, 5) is 16.1. The fourth-order valence-electron chi connectivity index (χ4n) is 2.53. The molecule has 5 heteroatoms. The van der Waals surface area contributed by atoms with Crippen molar-refractivity contribution in [3.8, 4) is 17.1 Å². The third-order valence-corrected chi connectivity index (χ3v) is 3.63. The maximum Gasteiger partial charge on any atom is 0.228 e. The molecule has 24 heavy (non-hydrogen) atoms. The maximum atomic E-state index is 12.2. The van der Waals surface area contributed by atoms with Crippen LogP contribution >= 0.6 is 0 Å². The molecule has 5 nitrogen and oxygen atoms in total. The van der Waals surface area contributed by atoms with Crippen LogP contribution in [-0.4, -0.2) is 18.0 Å². The highest BCUT2D eigenvalue weighted by molar-refractivity contribution is 5.93. The van der Waals surface area contributed by atoms with Crippen molar-refractivity contribution >= 4 is 11.6 Å². The summed E-state index contributed by atoms with van der Waals surface area (Å²) in [6, 6.07) is 13.3. The molecule has 0 saturated heterocycles. The Labute approximate surface area is 140 Å². The fourth-order valence-corrected chi connectivity index (χ4v) is 2.53. The van der Waals surface area contributed by atoms with E-state index in [1.807, 2.05) is 43.3 Å². The second-order valence-corrected chi connectivity index (χ2v) is 5.49. The van der Waals surface area contributed by atoms with E-state index in [0.717, 1.165) is 16.7 Å². The molecule has 0 spiro atoms. The van der Waals surface area contributed by atoms with Crippen molar-refractivity contribution < 1.29 is 13.9 Å². The molecule has 1 amide bonds. The number of aromatic nitrogens is 1. The average molecular weight is 322 g/mol. The molecule has 0 radical (unpaired) electrons. The first-order valence-corrected chi connectivity index (χ1v) is 7.58. The lowest BCUT2D eigenvalue weighted by Crippen LogP contribution is -2.14. The smallest absolute Gasteiger partial charge is 0.228 e. The highest BCUT2D eigenvalue weighted by Crippen LogP contribution is 2.32. The topological polar surface area (TPSA) is 64.4 Å². The first-order valence-electron chi connectivity index (χ1n) is 7.58. The van der Waals surface area contributed by atoms with Gasteiger partial charge in [0.05, 0.1) is 25.3 Å². The highest BCUT2D eigenvalue weighted by Gasteiger charge is 2.11. The van der Waals surface area contributed by atoms with E-state index < -0.39 is 0 Å². The van der Waals surface area contributed by atoms with Crippen LogP contribution in [0.1, 0.15) is 11.1 Å². The first kappa shape index (κ1) is 15.8. The summed E-state index contributed by atoms with van der Waals surface area (Å²) in [6.45, 7) is 2.01. The van der Waals surface area contributed by atoms with Crippen molar-refractivity contribution in [1.29, 1.82) is 0 Å². The van der Waals surface area contributed by atoms with E-state index in [9.17, 15) is 4.79 Å². The van der Waals surface area contributed by atoms with E-state index in [4.69, 9.17) is 9.15 Å². The van der Waals surface area contributed by atoms with E-state index in [-0.39, 0.29) is 5.91 Å². The van der Waals surface area contributed by atoms with Crippen molar-refractivity contribution in [2.24, 2.45) is 0 Å². The Morgan fingerprint density at radius 1 is 1.25 bits per heavy atom. The van der Waals surface area contributed by atoms with Gasteiger partial charge < -0.3 is 14.5 Å². The summed E-state index contributed by atoms with van der Waals surface area (Å²) in [6.07, 6.45) is 3.31. The normalized spacial score (nSPS) is 10.4. The minimum Gasteiger partial charge on any atom is -0.496 e. The molecule has 1 N–H and O–H groups in total. The molecular weight excluding hydrogens is 304 g/mol. The molecule has 0 aliphatic rings. The number of methoxy groups -OCH3 is 1. The van der Waals surface area contributed by atoms with Gasteiger partial charge in [-0.15, -0.1) is 0 Å². The number of carbonyl (C=O) groups is 1. The summed E-state index contributed by atoms with van der Waals surface area (Å²) in [5.41, 5.74) is 3.58. The molecule has 1 aromatic heterocycles. The molecule has 1 heterocycles. The largest absolute Gasteiger partial charge is 0.496 e. The predicted molar refractivity (Wildman–Crippen MR) is 92.0 cm³/mol. The van der Waals surface area contributed by atoms with Crippen LogP contribution in [0.5, 0.6) is 5.75 Å². The second-order valence-electron chi connectivity index (χ2n) is 5.49. The fraction of sp³-hybridized carbons (Fsp3) is 0.158. The molecule has 0 fully saturated rings. The minimum atomic E-state index is -0.0740. The van der Waals surface area contributed by atoms with Crippen LogP contribution in [0.25, 0.3) is 11.3 Å². The van der Waals surface area contributed by atoms with Crippen LogP contribution in [0, 0.1) is 6.92 Å². The highest BCUT2D eigenvalue weighted by atomic mass is 16.5. The maximum absolute atomic E-state index is 12.2. The Bertz CT molecular complexity index is 842. The van der Waals surface area contributed by atoms with Crippen molar-refractivity contribution in [1.82, 2.24) is 4.98 Å². The number of anilines is 1. The summed E-state index contributed by atoms with van der Waals surface area (Å²) in [5.74, 6) is 1.15. The number of rotatable bonds is 5. The lowest BCUT2D eigenvalue weighted by Gasteiger charge is -2.10. The molecule has 2 aromatic carbocycles. The van der Waals surface area contributed by atoms with E-state index in [1.165, 1.54) is 6.39 Å². The van der Waals surface area contributed by atoms with E-state index in [0.29, 0.717) is 23.6 Å². The number of oxazole rings is 1. The van der Waals surface area contributed by atoms with Crippen LogP contribution < -0.4 is 10.1 Å². The number of ether oxygens (including phenoxy) is 1. The zero-order valence-corrected chi connectivity index (χ0v) is 13.6. The predicted octanol–water partition coefficient (Wildman–Crippen LogP) is 3.84.